The molecule has 4 nitrogen and oxygen atoms in total. The number of anilines is 1. The zero-order valence-electron chi connectivity index (χ0n) is 16.3. The summed E-state index contributed by atoms with van der Waals surface area (Å²) in [4.78, 5) is 13.7. The maximum absolute atomic E-state index is 11.5. The predicted octanol–water partition coefficient (Wildman–Crippen LogP) is 4.89. The first-order valence-electron chi connectivity index (χ1n) is 9.36. The number of rotatable bonds is 10. The highest BCUT2D eigenvalue weighted by atomic mass is 35.5. The van der Waals surface area contributed by atoms with Crippen molar-refractivity contribution in [3.05, 3.63) is 59.1 Å². The molecule has 146 valence electrons. The molecule has 27 heavy (non-hydrogen) atoms. The van der Waals surface area contributed by atoms with Crippen molar-refractivity contribution in [2.24, 2.45) is 17.6 Å². The number of ether oxygens (including phenoxy) is 1. The van der Waals surface area contributed by atoms with Crippen molar-refractivity contribution < 1.29 is 9.53 Å². The van der Waals surface area contributed by atoms with Crippen molar-refractivity contribution in [2.45, 2.75) is 33.8 Å². The molecule has 0 aliphatic carbocycles. The molecule has 0 aromatic heterocycles. The molecule has 0 saturated heterocycles. The summed E-state index contributed by atoms with van der Waals surface area (Å²) in [6.07, 6.45) is 1.06. The van der Waals surface area contributed by atoms with Crippen LogP contribution in [0.25, 0.3) is 0 Å². The van der Waals surface area contributed by atoms with Crippen LogP contribution in [-0.4, -0.2) is 19.0 Å². The molecule has 2 rings (SSSR count). The van der Waals surface area contributed by atoms with Crippen LogP contribution in [0, 0.1) is 11.8 Å². The average Bonchev–Trinajstić information content (AvgIpc) is 2.64. The van der Waals surface area contributed by atoms with Crippen molar-refractivity contribution in [1.82, 2.24) is 0 Å². The van der Waals surface area contributed by atoms with Gasteiger partial charge in [-0.3, -0.25) is 4.79 Å². The molecule has 0 fully saturated rings. The van der Waals surface area contributed by atoms with Gasteiger partial charge in [0.2, 0.25) is 5.91 Å². The van der Waals surface area contributed by atoms with E-state index in [2.05, 4.69) is 18.7 Å². The average molecular weight is 389 g/mol. The predicted molar refractivity (Wildman–Crippen MR) is 112 cm³/mol. The van der Waals surface area contributed by atoms with Crippen molar-refractivity contribution in [3.63, 3.8) is 0 Å². The normalized spacial score (nSPS) is 12.0. The topological polar surface area (TPSA) is 55.6 Å². The van der Waals surface area contributed by atoms with Crippen LogP contribution >= 0.6 is 11.6 Å². The fourth-order valence-corrected chi connectivity index (χ4v) is 2.79. The van der Waals surface area contributed by atoms with E-state index in [1.165, 1.54) is 0 Å². The summed E-state index contributed by atoms with van der Waals surface area (Å²) in [6, 6.07) is 15.6. The van der Waals surface area contributed by atoms with E-state index in [0.717, 1.165) is 35.0 Å². The monoisotopic (exact) mass is 388 g/mol. The fraction of sp³-hybridized carbons (Fsp3) is 0.409. The van der Waals surface area contributed by atoms with E-state index < -0.39 is 0 Å². The van der Waals surface area contributed by atoms with Gasteiger partial charge in [0.25, 0.3) is 0 Å². The van der Waals surface area contributed by atoms with E-state index in [4.69, 9.17) is 22.1 Å². The molecule has 0 heterocycles. The number of hydrogen-bond donors (Lipinski definition) is 1. The van der Waals surface area contributed by atoms with Gasteiger partial charge in [0, 0.05) is 23.8 Å². The van der Waals surface area contributed by atoms with Crippen LogP contribution in [0.2, 0.25) is 5.02 Å². The molecule has 0 saturated carbocycles. The number of carbonyl (C=O) groups excluding carboxylic acids is 1. The van der Waals surface area contributed by atoms with Gasteiger partial charge in [0.05, 0.1) is 5.92 Å². The molecule has 0 bridgehead atoms. The molecule has 0 aliphatic heterocycles. The first-order chi connectivity index (χ1) is 12.8. The number of nitrogens with two attached hydrogens (primary N) is 1. The SMILES string of the molecule is CC(C)CCN(CC(C)C(N)=O)c1ccc(OCc2ccc(Cl)cc2)cc1. The van der Waals surface area contributed by atoms with Crippen molar-refractivity contribution in [1.29, 1.82) is 0 Å². The summed E-state index contributed by atoms with van der Waals surface area (Å²) in [6.45, 7) is 8.26. The highest BCUT2D eigenvalue weighted by Crippen LogP contribution is 2.22. The third-order valence-corrected chi connectivity index (χ3v) is 4.73. The minimum absolute atomic E-state index is 0.196. The molecule has 2 aromatic rings. The van der Waals surface area contributed by atoms with E-state index in [1.54, 1.807) is 0 Å². The molecule has 2 N–H and O–H groups in total. The number of benzene rings is 2. The fourth-order valence-electron chi connectivity index (χ4n) is 2.66. The van der Waals surface area contributed by atoms with Gasteiger partial charge >= 0.3 is 0 Å². The smallest absolute Gasteiger partial charge is 0.222 e. The number of nitrogens with zero attached hydrogens (tertiary/aromatic N) is 1. The van der Waals surface area contributed by atoms with Gasteiger partial charge < -0.3 is 15.4 Å². The zero-order chi connectivity index (χ0) is 19.8. The van der Waals surface area contributed by atoms with Crippen molar-refractivity contribution in [3.8, 4) is 5.75 Å². The van der Waals surface area contributed by atoms with Crippen LogP contribution in [0.1, 0.15) is 32.8 Å². The maximum Gasteiger partial charge on any atom is 0.222 e. The third kappa shape index (κ3) is 7.14. The molecule has 1 atom stereocenters. The molecule has 2 aromatic carbocycles. The van der Waals surface area contributed by atoms with Crippen LogP contribution in [-0.2, 0) is 11.4 Å². The Morgan fingerprint density at radius 2 is 1.70 bits per heavy atom. The first kappa shape index (κ1) is 21.1. The summed E-state index contributed by atoms with van der Waals surface area (Å²) < 4.78 is 5.85. The van der Waals surface area contributed by atoms with Crippen LogP contribution in [0.3, 0.4) is 0 Å². The van der Waals surface area contributed by atoms with E-state index >= 15 is 0 Å². The second-order valence-corrected chi connectivity index (χ2v) is 7.78. The summed E-state index contributed by atoms with van der Waals surface area (Å²) in [5.74, 6) is 0.935. The van der Waals surface area contributed by atoms with Gasteiger partial charge in [-0.05, 0) is 54.3 Å². The molecule has 5 heteroatoms. The number of primary amides is 1. The Morgan fingerprint density at radius 1 is 1.07 bits per heavy atom. The number of hydrogen-bond acceptors (Lipinski definition) is 3. The summed E-state index contributed by atoms with van der Waals surface area (Å²) >= 11 is 5.90. The summed E-state index contributed by atoms with van der Waals surface area (Å²) in [5.41, 5.74) is 7.59. The lowest BCUT2D eigenvalue weighted by Crippen LogP contribution is -2.35. The Hall–Kier alpha value is -2.20. The highest BCUT2D eigenvalue weighted by Gasteiger charge is 2.15. The van der Waals surface area contributed by atoms with Crippen LogP contribution in [0.5, 0.6) is 5.75 Å². The second kappa shape index (κ2) is 10.2. The molecule has 0 spiro atoms. The van der Waals surface area contributed by atoms with Gasteiger partial charge in [0.15, 0.2) is 0 Å². The first-order valence-corrected chi connectivity index (χ1v) is 9.74. The second-order valence-electron chi connectivity index (χ2n) is 7.34. The minimum atomic E-state index is -0.271. The van der Waals surface area contributed by atoms with Gasteiger partial charge in [-0.15, -0.1) is 0 Å². The lowest BCUT2D eigenvalue weighted by Gasteiger charge is -2.28. The van der Waals surface area contributed by atoms with Crippen LogP contribution in [0.4, 0.5) is 5.69 Å². The van der Waals surface area contributed by atoms with Gasteiger partial charge in [-0.2, -0.15) is 0 Å². The van der Waals surface area contributed by atoms with E-state index in [9.17, 15) is 4.79 Å². The van der Waals surface area contributed by atoms with E-state index in [0.29, 0.717) is 19.1 Å². The Bertz CT molecular complexity index is 714. The van der Waals surface area contributed by atoms with Gasteiger partial charge in [0.1, 0.15) is 12.4 Å². The third-order valence-electron chi connectivity index (χ3n) is 4.48. The van der Waals surface area contributed by atoms with Crippen molar-refractivity contribution >= 4 is 23.2 Å². The van der Waals surface area contributed by atoms with Crippen LogP contribution < -0.4 is 15.4 Å². The largest absolute Gasteiger partial charge is 0.489 e. The van der Waals surface area contributed by atoms with Gasteiger partial charge in [-0.25, -0.2) is 0 Å². The zero-order valence-corrected chi connectivity index (χ0v) is 17.1. The maximum atomic E-state index is 11.5. The molecule has 0 radical (unpaired) electrons. The molecular weight excluding hydrogens is 360 g/mol. The highest BCUT2D eigenvalue weighted by molar-refractivity contribution is 6.30. The van der Waals surface area contributed by atoms with Gasteiger partial charge in [-0.1, -0.05) is 44.5 Å². The van der Waals surface area contributed by atoms with Crippen LogP contribution in [0.15, 0.2) is 48.5 Å². The quantitative estimate of drug-likeness (QED) is 0.630. The number of halogens is 1. The Balaban J connectivity index is 2.01. The molecule has 1 amide bonds. The number of amides is 1. The van der Waals surface area contributed by atoms with E-state index in [1.807, 2.05) is 55.5 Å². The molecule has 0 aliphatic rings. The Labute approximate surface area is 167 Å². The lowest BCUT2D eigenvalue weighted by atomic mass is 10.1. The lowest BCUT2D eigenvalue weighted by molar-refractivity contribution is -0.121. The standard InChI is InChI=1S/C22H29ClN2O2/c1-16(2)12-13-25(14-17(3)22(24)26)20-8-10-21(11-9-20)27-15-18-4-6-19(23)7-5-18/h4-11,16-17H,12-15H2,1-3H3,(H2,24,26). The summed E-state index contributed by atoms with van der Waals surface area (Å²) in [7, 11) is 0. The Kier molecular flexibility index (Phi) is 7.99. The summed E-state index contributed by atoms with van der Waals surface area (Å²) in [5, 5.41) is 0.717. The minimum Gasteiger partial charge on any atom is -0.489 e. The Morgan fingerprint density at radius 3 is 2.26 bits per heavy atom. The molecular formula is C22H29ClN2O2. The van der Waals surface area contributed by atoms with E-state index in [-0.39, 0.29) is 11.8 Å². The molecule has 1 unspecified atom stereocenters. The van der Waals surface area contributed by atoms with Crippen molar-refractivity contribution in [2.75, 3.05) is 18.0 Å². The number of carbonyl (C=O) groups is 1.